The third-order valence-corrected chi connectivity index (χ3v) is 13.3. The minimum Gasteiger partial charge on any atom is -0.457 e. The molecule has 1 spiro atoms. The molecule has 0 bridgehead atoms. The van der Waals surface area contributed by atoms with Crippen molar-refractivity contribution in [2.75, 3.05) is 4.90 Å². The van der Waals surface area contributed by atoms with Crippen molar-refractivity contribution >= 4 is 17.1 Å². The zero-order valence-electron chi connectivity index (χ0n) is 33.6. The zero-order valence-corrected chi connectivity index (χ0v) is 33.6. The van der Waals surface area contributed by atoms with E-state index in [0.717, 1.165) is 39.7 Å². The quantitative estimate of drug-likeness (QED) is 0.173. The van der Waals surface area contributed by atoms with E-state index in [2.05, 4.69) is 231 Å². The molecular weight excluding hydrogens is 727 g/mol. The van der Waals surface area contributed by atoms with Crippen molar-refractivity contribution in [1.82, 2.24) is 0 Å². The van der Waals surface area contributed by atoms with Crippen LogP contribution in [0.4, 0.5) is 17.1 Å². The van der Waals surface area contributed by atoms with E-state index in [9.17, 15) is 0 Å². The van der Waals surface area contributed by atoms with Gasteiger partial charge < -0.3 is 9.64 Å². The molecule has 0 radical (unpaired) electrons. The number of ether oxygens (including phenoxy) is 1. The van der Waals surface area contributed by atoms with E-state index in [1.165, 1.54) is 66.8 Å². The molecule has 0 unspecified atom stereocenters. The molecule has 0 atom stereocenters. The lowest BCUT2D eigenvalue weighted by molar-refractivity contribution is 0.436. The SMILES string of the molecule is CC1(C)c2ccccc2-c2ccc(N(c3ccc4c(c3)C3(c5ccccc5Oc5ccccc53)c3ccccc3-4)c3ccc(-c4ccccc4)cc3-c3ccccc3)cc21. The maximum atomic E-state index is 6.70. The van der Waals surface area contributed by atoms with Crippen LogP contribution in [-0.2, 0) is 10.8 Å². The Bertz CT molecular complexity index is 3110. The van der Waals surface area contributed by atoms with Crippen LogP contribution in [0.15, 0.2) is 212 Å². The second-order valence-electron chi connectivity index (χ2n) is 16.8. The van der Waals surface area contributed by atoms with Crippen LogP contribution < -0.4 is 9.64 Å². The van der Waals surface area contributed by atoms with E-state index in [1.54, 1.807) is 0 Å². The number of hydrogen-bond donors (Lipinski definition) is 0. The lowest BCUT2D eigenvalue weighted by Gasteiger charge is -2.39. The molecule has 0 saturated heterocycles. The van der Waals surface area contributed by atoms with Crippen LogP contribution >= 0.6 is 0 Å². The first kappa shape index (κ1) is 34.6. The standard InChI is InChI=1S/C58H41NO/c1-57(2)48-23-11-9-21-43(48)45-32-30-41(36-52(45)57)59(54-34-29-40(38-17-5-3-6-18-38)35-47(54)39-19-7-4-8-20-39)42-31-33-46-44-22-10-12-24-49(44)58(53(46)37-42)50-25-13-15-27-55(50)60-56-28-16-14-26-51(56)58/h3-37H,1-2H3. The monoisotopic (exact) mass is 767 g/mol. The predicted octanol–water partition coefficient (Wildman–Crippen LogP) is 15.3. The highest BCUT2D eigenvalue weighted by atomic mass is 16.5. The number of hydrogen-bond acceptors (Lipinski definition) is 2. The molecule has 0 amide bonds. The van der Waals surface area contributed by atoms with Gasteiger partial charge in [-0.05, 0) is 110 Å². The van der Waals surface area contributed by atoms with E-state index in [1.807, 2.05) is 0 Å². The normalized spacial score (nSPS) is 14.2. The van der Waals surface area contributed by atoms with Gasteiger partial charge in [-0.3, -0.25) is 0 Å². The van der Waals surface area contributed by atoms with Gasteiger partial charge in [0.05, 0.1) is 11.1 Å². The smallest absolute Gasteiger partial charge is 0.132 e. The molecule has 12 rings (SSSR count). The lowest BCUT2D eigenvalue weighted by atomic mass is 9.66. The molecule has 9 aromatic carbocycles. The fourth-order valence-corrected chi connectivity index (χ4v) is 10.6. The van der Waals surface area contributed by atoms with Crippen molar-refractivity contribution in [3.8, 4) is 56.0 Å². The summed E-state index contributed by atoms with van der Waals surface area (Å²) >= 11 is 0. The van der Waals surface area contributed by atoms with Gasteiger partial charge in [-0.25, -0.2) is 0 Å². The van der Waals surface area contributed by atoms with Crippen LogP contribution in [0.2, 0.25) is 0 Å². The van der Waals surface area contributed by atoms with Crippen LogP contribution in [0.1, 0.15) is 47.2 Å². The summed E-state index contributed by atoms with van der Waals surface area (Å²) in [4.78, 5) is 2.50. The Labute approximate surface area is 351 Å². The zero-order chi connectivity index (χ0) is 40.0. The van der Waals surface area contributed by atoms with Crippen LogP contribution in [0.3, 0.4) is 0 Å². The van der Waals surface area contributed by atoms with Crippen molar-refractivity contribution in [3.63, 3.8) is 0 Å². The van der Waals surface area contributed by atoms with Gasteiger partial charge in [-0.2, -0.15) is 0 Å². The Morgan fingerprint density at radius 3 is 1.47 bits per heavy atom. The summed E-state index contributed by atoms with van der Waals surface area (Å²) in [5, 5.41) is 0. The molecule has 0 N–H and O–H groups in total. The molecule has 2 heteroatoms. The molecule has 60 heavy (non-hydrogen) atoms. The second kappa shape index (κ2) is 13.0. The highest BCUT2D eigenvalue weighted by molar-refractivity contribution is 5.95. The minimum atomic E-state index is -0.583. The van der Waals surface area contributed by atoms with E-state index in [4.69, 9.17) is 4.74 Å². The van der Waals surface area contributed by atoms with Gasteiger partial charge in [0.25, 0.3) is 0 Å². The molecule has 1 aliphatic heterocycles. The van der Waals surface area contributed by atoms with E-state index in [-0.39, 0.29) is 5.41 Å². The Balaban J connectivity index is 1.15. The first-order valence-electron chi connectivity index (χ1n) is 20.9. The van der Waals surface area contributed by atoms with Gasteiger partial charge in [-0.15, -0.1) is 0 Å². The molecule has 284 valence electrons. The van der Waals surface area contributed by atoms with Crippen LogP contribution in [0, 0.1) is 0 Å². The minimum absolute atomic E-state index is 0.161. The molecular formula is C58H41NO. The van der Waals surface area contributed by atoms with E-state index < -0.39 is 5.41 Å². The molecule has 1 heterocycles. The van der Waals surface area contributed by atoms with Gasteiger partial charge in [0.2, 0.25) is 0 Å². The summed E-state index contributed by atoms with van der Waals surface area (Å²) < 4.78 is 6.70. The van der Waals surface area contributed by atoms with Crippen molar-refractivity contribution < 1.29 is 4.74 Å². The third kappa shape index (κ3) is 4.88. The summed E-state index contributed by atoms with van der Waals surface area (Å²) in [5.74, 6) is 1.79. The Hall–Kier alpha value is -7.42. The Morgan fingerprint density at radius 1 is 0.333 bits per heavy atom. The van der Waals surface area contributed by atoms with Crippen LogP contribution in [0.25, 0.3) is 44.5 Å². The van der Waals surface area contributed by atoms with Crippen molar-refractivity contribution in [2.24, 2.45) is 0 Å². The summed E-state index contributed by atoms with van der Waals surface area (Å²) in [6, 6.07) is 77.9. The maximum Gasteiger partial charge on any atom is 0.132 e. The third-order valence-electron chi connectivity index (χ3n) is 13.3. The number of benzene rings is 9. The van der Waals surface area contributed by atoms with Crippen molar-refractivity contribution in [3.05, 3.63) is 246 Å². The van der Waals surface area contributed by atoms with Gasteiger partial charge >= 0.3 is 0 Å². The topological polar surface area (TPSA) is 12.5 Å². The van der Waals surface area contributed by atoms with Crippen LogP contribution in [0.5, 0.6) is 11.5 Å². The number of fused-ring (bicyclic) bond motifs is 12. The van der Waals surface area contributed by atoms with Gasteiger partial charge in [0, 0.05) is 33.5 Å². The second-order valence-corrected chi connectivity index (χ2v) is 16.8. The first-order valence-corrected chi connectivity index (χ1v) is 20.9. The van der Waals surface area contributed by atoms with Crippen LogP contribution in [-0.4, -0.2) is 0 Å². The summed E-state index contributed by atoms with van der Waals surface area (Å²) in [7, 11) is 0. The van der Waals surface area contributed by atoms with Crippen molar-refractivity contribution in [1.29, 1.82) is 0 Å². The summed E-state index contributed by atoms with van der Waals surface area (Å²) in [5.41, 5.74) is 20.0. The number of nitrogens with zero attached hydrogens (tertiary/aromatic N) is 1. The molecule has 9 aromatic rings. The number of rotatable bonds is 5. The largest absolute Gasteiger partial charge is 0.457 e. The highest BCUT2D eigenvalue weighted by Crippen LogP contribution is 2.63. The summed E-state index contributed by atoms with van der Waals surface area (Å²) in [6.45, 7) is 4.73. The Morgan fingerprint density at radius 2 is 0.817 bits per heavy atom. The maximum absolute atomic E-state index is 6.70. The highest BCUT2D eigenvalue weighted by Gasteiger charge is 2.51. The van der Waals surface area contributed by atoms with Gasteiger partial charge in [0.1, 0.15) is 11.5 Å². The number of anilines is 3. The summed E-state index contributed by atoms with van der Waals surface area (Å²) in [6.07, 6.45) is 0. The fourth-order valence-electron chi connectivity index (χ4n) is 10.6. The molecule has 2 aliphatic carbocycles. The first-order chi connectivity index (χ1) is 29.5. The molecule has 0 aromatic heterocycles. The van der Waals surface area contributed by atoms with E-state index in [0.29, 0.717) is 0 Å². The molecule has 2 nitrogen and oxygen atoms in total. The average molecular weight is 768 g/mol. The van der Waals surface area contributed by atoms with Gasteiger partial charge in [0.15, 0.2) is 0 Å². The Kier molecular flexibility index (Phi) is 7.52. The van der Waals surface area contributed by atoms with Gasteiger partial charge in [-0.1, -0.05) is 178 Å². The molecule has 3 aliphatic rings. The molecule has 0 saturated carbocycles. The fraction of sp³-hybridized carbons (Fsp3) is 0.0690. The average Bonchev–Trinajstić information content (AvgIpc) is 3.72. The van der Waals surface area contributed by atoms with Crippen molar-refractivity contribution in [2.45, 2.75) is 24.7 Å². The van der Waals surface area contributed by atoms with E-state index >= 15 is 0 Å². The predicted molar refractivity (Wildman–Crippen MR) is 247 cm³/mol. The lowest BCUT2D eigenvalue weighted by Crippen LogP contribution is -2.32. The number of para-hydroxylation sites is 2. The molecule has 0 fully saturated rings.